The van der Waals surface area contributed by atoms with Crippen molar-refractivity contribution in [1.29, 1.82) is 0 Å². The lowest BCUT2D eigenvalue weighted by atomic mass is 10.0. The molecule has 0 saturated heterocycles. The molecule has 0 aliphatic heterocycles. The van der Waals surface area contributed by atoms with E-state index in [0.29, 0.717) is 42.3 Å². The van der Waals surface area contributed by atoms with Crippen molar-refractivity contribution in [3.63, 3.8) is 0 Å². The van der Waals surface area contributed by atoms with Gasteiger partial charge in [0, 0.05) is 12.6 Å². The normalized spacial score (nSPS) is 11.9. The summed E-state index contributed by atoms with van der Waals surface area (Å²) >= 11 is 6.63. The molecule has 0 heterocycles. The highest BCUT2D eigenvalue weighted by atomic mass is 35.5. The summed E-state index contributed by atoms with van der Waals surface area (Å²) in [6.07, 6.45) is 2.19. The molecule has 1 atom stereocenters. The van der Waals surface area contributed by atoms with Gasteiger partial charge in [0.15, 0.2) is 11.5 Å². The van der Waals surface area contributed by atoms with E-state index in [1.807, 2.05) is 25.1 Å². The van der Waals surface area contributed by atoms with E-state index in [1.165, 1.54) is 11.1 Å². The number of benzene rings is 3. The summed E-state index contributed by atoms with van der Waals surface area (Å²) in [5, 5.41) is 4.25. The Balaban J connectivity index is 1.74. The number of hydrogen-bond donors (Lipinski definition) is 1. The van der Waals surface area contributed by atoms with Gasteiger partial charge in [-0.15, -0.1) is 0 Å². The van der Waals surface area contributed by atoms with Gasteiger partial charge >= 0.3 is 0 Å². The van der Waals surface area contributed by atoms with Crippen molar-refractivity contribution in [1.82, 2.24) is 5.32 Å². The Kier molecular flexibility index (Phi) is 8.81. The molecule has 1 unspecified atom stereocenters. The third-order valence-electron chi connectivity index (χ3n) is 5.17. The van der Waals surface area contributed by atoms with Gasteiger partial charge in [0.2, 0.25) is 0 Å². The van der Waals surface area contributed by atoms with Crippen LogP contribution in [0.3, 0.4) is 0 Å². The molecule has 0 spiro atoms. The zero-order chi connectivity index (χ0) is 22.1. The van der Waals surface area contributed by atoms with E-state index in [4.69, 9.17) is 21.1 Å². The van der Waals surface area contributed by atoms with E-state index < -0.39 is 0 Å². The van der Waals surface area contributed by atoms with Crippen molar-refractivity contribution in [2.75, 3.05) is 6.61 Å². The van der Waals surface area contributed by atoms with Crippen LogP contribution in [0.1, 0.15) is 55.0 Å². The fourth-order valence-corrected chi connectivity index (χ4v) is 3.97. The van der Waals surface area contributed by atoms with Gasteiger partial charge in [-0.2, -0.15) is 0 Å². The second-order valence-corrected chi connectivity index (χ2v) is 8.16. The average Bonchev–Trinajstić information content (AvgIpc) is 2.77. The minimum Gasteiger partial charge on any atom is -0.490 e. The van der Waals surface area contributed by atoms with Crippen molar-refractivity contribution < 1.29 is 9.47 Å². The van der Waals surface area contributed by atoms with Gasteiger partial charge in [0.1, 0.15) is 6.61 Å². The van der Waals surface area contributed by atoms with Crippen LogP contribution in [0.25, 0.3) is 0 Å². The van der Waals surface area contributed by atoms with Gasteiger partial charge in [-0.05, 0) is 49.1 Å². The van der Waals surface area contributed by atoms with Gasteiger partial charge in [-0.3, -0.25) is 0 Å². The molecule has 1 N–H and O–H groups in total. The second-order valence-electron chi connectivity index (χ2n) is 7.75. The van der Waals surface area contributed by atoms with Gasteiger partial charge in [-0.1, -0.05) is 85.1 Å². The molecule has 4 heteroatoms. The van der Waals surface area contributed by atoms with E-state index in [0.717, 1.165) is 24.0 Å². The van der Waals surface area contributed by atoms with Gasteiger partial charge < -0.3 is 14.8 Å². The predicted molar refractivity (Wildman–Crippen MR) is 129 cm³/mol. The molecular weight excluding hydrogens is 406 g/mol. The van der Waals surface area contributed by atoms with Crippen molar-refractivity contribution >= 4 is 11.6 Å². The Morgan fingerprint density at radius 1 is 0.903 bits per heavy atom. The Morgan fingerprint density at radius 2 is 1.71 bits per heavy atom. The molecule has 0 bridgehead atoms. The molecule has 3 rings (SSSR count). The lowest BCUT2D eigenvalue weighted by Gasteiger charge is -2.20. The number of hydrogen-bond acceptors (Lipinski definition) is 3. The number of ether oxygens (including phenoxy) is 2. The number of rotatable bonds is 11. The molecule has 0 aromatic heterocycles. The summed E-state index contributed by atoms with van der Waals surface area (Å²) in [4.78, 5) is 0. The van der Waals surface area contributed by atoms with Crippen molar-refractivity contribution in [3.05, 3.63) is 94.0 Å². The second kappa shape index (κ2) is 11.8. The molecular formula is C27H32ClNO2. The summed E-state index contributed by atoms with van der Waals surface area (Å²) in [7, 11) is 0. The minimum absolute atomic E-state index is 0.303. The summed E-state index contributed by atoms with van der Waals surface area (Å²) in [5.41, 5.74) is 4.69. The molecule has 0 aliphatic carbocycles. The fourth-order valence-electron chi connectivity index (χ4n) is 3.69. The maximum atomic E-state index is 6.63. The summed E-state index contributed by atoms with van der Waals surface area (Å²) in [6, 6.07) is 23.2. The van der Waals surface area contributed by atoms with Crippen LogP contribution in [0, 0.1) is 6.92 Å². The summed E-state index contributed by atoms with van der Waals surface area (Å²) in [5.74, 6) is 1.29. The van der Waals surface area contributed by atoms with E-state index in [-0.39, 0.29) is 0 Å². The first-order valence-corrected chi connectivity index (χ1v) is 11.4. The Hall–Kier alpha value is -2.49. The minimum atomic E-state index is 0.303. The average molecular weight is 438 g/mol. The van der Waals surface area contributed by atoms with E-state index in [9.17, 15) is 0 Å². The molecule has 3 nitrogen and oxygen atoms in total. The zero-order valence-electron chi connectivity index (χ0n) is 18.7. The summed E-state index contributed by atoms with van der Waals surface area (Å²) < 4.78 is 11.9. The molecule has 0 fully saturated rings. The van der Waals surface area contributed by atoms with E-state index in [2.05, 4.69) is 67.7 Å². The monoisotopic (exact) mass is 437 g/mol. The molecule has 164 valence electrons. The highest BCUT2D eigenvalue weighted by molar-refractivity contribution is 6.32. The fraction of sp³-hybridized carbons (Fsp3) is 0.333. The van der Waals surface area contributed by atoms with Crippen molar-refractivity contribution in [3.8, 4) is 11.5 Å². The maximum absolute atomic E-state index is 6.63. The molecule has 31 heavy (non-hydrogen) atoms. The van der Waals surface area contributed by atoms with E-state index in [1.54, 1.807) is 0 Å². The Labute approximate surface area is 191 Å². The first kappa shape index (κ1) is 23.2. The number of aryl methyl sites for hydroxylation is 1. The predicted octanol–water partition coefficient (Wildman–Crippen LogP) is 7.26. The quantitative estimate of drug-likeness (QED) is 0.342. The zero-order valence-corrected chi connectivity index (χ0v) is 19.4. The largest absolute Gasteiger partial charge is 0.490 e. The van der Waals surface area contributed by atoms with Crippen LogP contribution in [-0.4, -0.2) is 6.61 Å². The number of nitrogens with one attached hydrogen (secondary N) is 1. The molecule has 3 aromatic carbocycles. The lowest BCUT2D eigenvalue weighted by Crippen LogP contribution is -2.21. The van der Waals surface area contributed by atoms with Gasteiger partial charge in [-0.25, -0.2) is 0 Å². The van der Waals surface area contributed by atoms with Crippen LogP contribution in [0.5, 0.6) is 11.5 Å². The third kappa shape index (κ3) is 6.75. The molecule has 3 aromatic rings. The molecule has 0 amide bonds. The maximum Gasteiger partial charge on any atom is 0.180 e. The molecule has 0 radical (unpaired) electrons. The van der Waals surface area contributed by atoms with Crippen LogP contribution in [0.15, 0.2) is 66.7 Å². The Morgan fingerprint density at radius 3 is 2.42 bits per heavy atom. The van der Waals surface area contributed by atoms with Crippen molar-refractivity contribution in [2.24, 2.45) is 0 Å². The van der Waals surface area contributed by atoms with Gasteiger partial charge in [0.25, 0.3) is 0 Å². The van der Waals surface area contributed by atoms with Crippen LogP contribution in [0.2, 0.25) is 5.02 Å². The van der Waals surface area contributed by atoms with Crippen molar-refractivity contribution in [2.45, 2.75) is 52.8 Å². The van der Waals surface area contributed by atoms with Crippen LogP contribution >= 0.6 is 11.6 Å². The topological polar surface area (TPSA) is 30.5 Å². The first-order valence-electron chi connectivity index (χ1n) is 11.0. The molecule has 0 aliphatic rings. The smallest absolute Gasteiger partial charge is 0.180 e. The van der Waals surface area contributed by atoms with Crippen LogP contribution in [0.4, 0.5) is 0 Å². The Bertz CT molecular complexity index is 959. The third-order valence-corrected chi connectivity index (χ3v) is 5.45. The SMILES string of the molecule is CCCC(NCc1cc(Cl)c(OCc2cccc(C)c2)c(OCC)c1)c1ccccc1. The number of halogens is 1. The van der Waals surface area contributed by atoms with Crippen LogP contribution in [-0.2, 0) is 13.2 Å². The first-order chi connectivity index (χ1) is 15.1. The molecule has 0 saturated carbocycles. The van der Waals surface area contributed by atoms with Gasteiger partial charge in [0.05, 0.1) is 11.6 Å². The standard InChI is InChI=1S/C27H32ClNO2/c1-4-10-25(23-13-7-6-8-14-23)29-18-22-16-24(28)27(26(17-22)30-5-2)31-19-21-12-9-11-20(3)15-21/h6-9,11-17,25,29H,4-5,10,18-19H2,1-3H3. The highest BCUT2D eigenvalue weighted by Crippen LogP contribution is 2.37. The van der Waals surface area contributed by atoms with E-state index >= 15 is 0 Å². The van der Waals surface area contributed by atoms with Crippen LogP contribution < -0.4 is 14.8 Å². The lowest BCUT2D eigenvalue weighted by molar-refractivity contribution is 0.269. The highest BCUT2D eigenvalue weighted by Gasteiger charge is 2.15. The summed E-state index contributed by atoms with van der Waals surface area (Å²) in [6.45, 7) is 7.96.